The maximum atomic E-state index is 12.6. The third-order valence-electron chi connectivity index (χ3n) is 5.13. The highest BCUT2D eigenvalue weighted by Gasteiger charge is 2.41. The van der Waals surface area contributed by atoms with Gasteiger partial charge in [0.15, 0.2) is 9.84 Å². The van der Waals surface area contributed by atoms with E-state index in [1.807, 2.05) is 0 Å². The van der Waals surface area contributed by atoms with Gasteiger partial charge in [-0.3, -0.25) is 4.79 Å². The molecule has 0 spiro atoms. The molecule has 3 rings (SSSR count). The summed E-state index contributed by atoms with van der Waals surface area (Å²) in [5.41, 5.74) is 0. The summed E-state index contributed by atoms with van der Waals surface area (Å²) in [5.74, 6) is -0.279. The van der Waals surface area contributed by atoms with Crippen LogP contribution in [0.25, 0.3) is 0 Å². The number of sulfonamides is 1. The number of hydrogen-bond donors (Lipinski definition) is 1. The Morgan fingerprint density at radius 3 is 2.29 bits per heavy atom. The molecule has 0 aromatic carbocycles. The van der Waals surface area contributed by atoms with Crippen molar-refractivity contribution in [3.05, 3.63) is 0 Å². The highest BCUT2D eigenvalue weighted by Crippen LogP contribution is 2.23. The Hall–Kier alpha value is -0.710. The van der Waals surface area contributed by atoms with Crippen LogP contribution in [0.1, 0.15) is 25.7 Å². The smallest absolute Gasteiger partial charge is 0.239 e. The van der Waals surface area contributed by atoms with Gasteiger partial charge in [-0.2, -0.15) is 4.31 Å². The van der Waals surface area contributed by atoms with Crippen molar-refractivity contribution in [2.24, 2.45) is 0 Å². The van der Waals surface area contributed by atoms with Gasteiger partial charge in [-0.05, 0) is 25.8 Å². The minimum Gasteiger partial charge on any atom is -0.339 e. The van der Waals surface area contributed by atoms with E-state index in [1.165, 1.54) is 4.31 Å². The van der Waals surface area contributed by atoms with E-state index in [-0.39, 0.29) is 43.0 Å². The summed E-state index contributed by atoms with van der Waals surface area (Å²) in [6, 6.07) is -0.151. The molecule has 0 aromatic rings. The highest BCUT2D eigenvalue weighted by molar-refractivity contribution is 7.95. The summed E-state index contributed by atoms with van der Waals surface area (Å²) in [6.07, 6.45) is 3.13. The molecule has 1 N–H and O–H groups in total. The van der Waals surface area contributed by atoms with Crippen LogP contribution in [0.15, 0.2) is 0 Å². The minimum atomic E-state index is -3.61. The Labute approximate surface area is 143 Å². The SMILES string of the molecule is O=C(C1CCCCN1)N1CCN(S(=O)(=O)C2CCS(=O)(=O)C2)CC1. The Morgan fingerprint density at radius 2 is 1.75 bits per heavy atom. The molecule has 24 heavy (non-hydrogen) atoms. The number of carbonyl (C=O) groups is 1. The van der Waals surface area contributed by atoms with Crippen molar-refractivity contribution >= 4 is 25.8 Å². The maximum absolute atomic E-state index is 12.6. The van der Waals surface area contributed by atoms with Gasteiger partial charge in [0.2, 0.25) is 15.9 Å². The number of piperazine rings is 1. The van der Waals surface area contributed by atoms with E-state index in [9.17, 15) is 21.6 Å². The van der Waals surface area contributed by atoms with Crippen molar-refractivity contribution in [3.8, 4) is 0 Å². The molecule has 3 heterocycles. The second-order valence-electron chi connectivity index (χ2n) is 6.80. The molecule has 2 atom stereocenters. The van der Waals surface area contributed by atoms with Crippen LogP contribution in [0, 0.1) is 0 Å². The molecule has 1 amide bonds. The van der Waals surface area contributed by atoms with Gasteiger partial charge in [0.25, 0.3) is 0 Å². The van der Waals surface area contributed by atoms with Crippen molar-refractivity contribution in [2.75, 3.05) is 44.2 Å². The van der Waals surface area contributed by atoms with Crippen molar-refractivity contribution in [1.29, 1.82) is 0 Å². The van der Waals surface area contributed by atoms with Crippen LogP contribution in [0.5, 0.6) is 0 Å². The lowest BCUT2D eigenvalue weighted by Gasteiger charge is -2.37. The normalized spacial score (nSPS) is 31.9. The van der Waals surface area contributed by atoms with Crippen LogP contribution in [0.3, 0.4) is 0 Å². The predicted molar refractivity (Wildman–Crippen MR) is 89.8 cm³/mol. The van der Waals surface area contributed by atoms with Crippen molar-refractivity contribution in [3.63, 3.8) is 0 Å². The Bertz CT molecular complexity index is 677. The number of piperidine rings is 1. The van der Waals surface area contributed by atoms with Crippen molar-refractivity contribution in [1.82, 2.24) is 14.5 Å². The number of rotatable bonds is 3. The molecule has 3 fully saturated rings. The zero-order chi connectivity index (χ0) is 17.4. The molecule has 138 valence electrons. The molecule has 2 unspecified atom stereocenters. The van der Waals surface area contributed by atoms with Crippen LogP contribution >= 0.6 is 0 Å². The number of hydrogen-bond acceptors (Lipinski definition) is 6. The molecule has 8 nitrogen and oxygen atoms in total. The molecular weight excluding hydrogens is 354 g/mol. The van der Waals surface area contributed by atoms with Crippen LogP contribution in [-0.2, 0) is 24.7 Å². The van der Waals surface area contributed by atoms with Crippen LogP contribution < -0.4 is 5.32 Å². The number of carbonyl (C=O) groups excluding carboxylic acids is 1. The number of nitrogens with zero attached hydrogens (tertiary/aromatic N) is 2. The van der Waals surface area contributed by atoms with Gasteiger partial charge < -0.3 is 10.2 Å². The van der Waals surface area contributed by atoms with E-state index < -0.39 is 25.1 Å². The molecule has 0 saturated carbocycles. The lowest BCUT2D eigenvalue weighted by atomic mass is 10.0. The van der Waals surface area contributed by atoms with Crippen molar-refractivity contribution < 1.29 is 21.6 Å². The van der Waals surface area contributed by atoms with Gasteiger partial charge in [-0.1, -0.05) is 6.42 Å². The van der Waals surface area contributed by atoms with E-state index in [1.54, 1.807) is 4.90 Å². The van der Waals surface area contributed by atoms with Gasteiger partial charge in [-0.15, -0.1) is 0 Å². The van der Waals surface area contributed by atoms with Gasteiger partial charge in [-0.25, -0.2) is 16.8 Å². The molecule has 3 saturated heterocycles. The van der Waals surface area contributed by atoms with E-state index in [2.05, 4.69) is 5.32 Å². The van der Waals surface area contributed by atoms with Crippen LogP contribution in [0.4, 0.5) is 0 Å². The van der Waals surface area contributed by atoms with Crippen LogP contribution in [-0.4, -0.2) is 87.5 Å². The molecule has 3 aliphatic heterocycles. The third kappa shape index (κ3) is 3.76. The molecule has 10 heteroatoms. The fourth-order valence-electron chi connectivity index (χ4n) is 3.65. The van der Waals surface area contributed by atoms with E-state index in [4.69, 9.17) is 0 Å². The zero-order valence-corrected chi connectivity index (χ0v) is 15.3. The van der Waals surface area contributed by atoms with Gasteiger partial charge >= 0.3 is 0 Å². The summed E-state index contributed by atoms with van der Waals surface area (Å²) in [7, 11) is -6.84. The van der Waals surface area contributed by atoms with Crippen molar-refractivity contribution in [2.45, 2.75) is 37.0 Å². The average Bonchev–Trinajstić information content (AvgIpc) is 2.96. The van der Waals surface area contributed by atoms with Gasteiger partial charge in [0, 0.05) is 26.2 Å². The highest BCUT2D eigenvalue weighted by atomic mass is 32.2. The van der Waals surface area contributed by atoms with E-state index in [0.717, 1.165) is 25.8 Å². The first-order chi connectivity index (χ1) is 11.3. The topological polar surface area (TPSA) is 104 Å². The first kappa shape index (κ1) is 18.1. The summed E-state index contributed by atoms with van der Waals surface area (Å²) in [6.45, 7) is 2.08. The Balaban J connectivity index is 1.57. The zero-order valence-electron chi connectivity index (χ0n) is 13.7. The first-order valence-corrected chi connectivity index (χ1v) is 11.8. The Kier molecular flexibility index (Phi) is 5.19. The fourth-order valence-corrected chi connectivity index (χ4v) is 8.16. The van der Waals surface area contributed by atoms with Gasteiger partial charge in [0.1, 0.15) is 0 Å². The predicted octanol–water partition coefficient (Wildman–Crippen LogP) is -1.21. The molecule has 0 aromatic heterocycles. The molecular formula is C14H25N3O5S2. The Morgan fingerprint density at radius 1 is 1.04 bits per heavy atom. The summed E-state index contributed by atoms with van der Waals surface area (Å²) in [5, 5.41) is 2.39. The molecule has 0 radical (unpaired) electrons. The van der Waals surface area contributed by atoms with E-state index in [0.29, 0.717) is 13.1 Å². The lowest BCUT2D eigenvalue weighted by Crippen LogP contribution is -2.56. The second kappa shape index (κ2) is 6.89. The largest absolute Gasteiger partial charge is 0.339 e. The second-order valence-corrected chi connectivity index (χ2v) is 11.2. The van der Waals surface area contributed by atoms with Crippen LogP contribution in [0.2, 0.25) is 0 Å². The first-order valence-electron chi connectivity index (χ1n) is 8.51. The molecule has 0 bridgehead atoms. The summed E-state index contributed by atoms with van der Waals surface area (Å²) < 4.78 is 49.6. The molecule has 3 aliphatic rings. The number of amides is 1. The average molecular weight is 380 g/mol. The maximum Gasteiger partial charge on any atom is 0.239 e. The number of nitrogens with one attached hydrogen (secondary N) is 1. The van der Waals surface area contributed by atoms with E-state index >= 15 is 0 Å². The van der Waals surface area contributed by atoms with Gasteiger partial charge in [0.05, 0.1) is 22.8 Å². The summed E-state index contributed by atoms with van der Waals surface area (Å²) in [4.78, 5) is 14.2. The quantitative estimate of drug-likeness (QED) is 0.660. The minimum absolute atomic E-state index is 0.0511. The third-order valence-corrected chi connectivity index (χ3v) is 9.44. The monoisotopic (exact) mass is 379 g/mol. The fraction of sp³-hybridized carbons (Fsp3) is 0.929. The summed E-state index contributed by atoms with van der Waals surface area (Å²) >= 11 is 0. The molecule has 0 aliphatic carbocycles. The number of sulfone groups is 1. The standard InChI is InChI=1S/C14H25N3O5S2/c18-14(13-3-1-2-5-15-13)16-6-8-17(9-7-16)24(21,22)12-4-10-23(19,20)11-12/h12-13,15H,1-11H2. The lowest BCUT2D eigenvalue weighted by molar-refractivity contribution is -0.135.